The Hall–Kier alpha value is -1.15. The number of nitrogens with one attached hydrogen (secondary N) is 2. The summed E-state index contributed by atoms with van der Waals surface area (Å²) in [5.74, 6) is 0.903. The molecule has 1 aromatic carbocycles. The Morgan fingerprint density at radius 3 is 2.49 bits per heavy atom. The molecule has 35 heavy (non-hydrogen) atoms. The minimum Gasteiger partial charge on any atom is -0.382 e. The van der Waals surface area contributed by atoms with Crippen LogP contribution in [0.2, 0.25) is 0 Å². The van der Waals surface area contributed by atoms with Gasteiger partial charge in [-0.1, -0.05) is 41.9 Å². The molecule has 5 nitrogen and oxygen atoms in total. The van der Waals surface area contributed by atoms with E-state index in [1.165, 1.54) is 26.7 Å². The number of piperazine rings is 1. The quantitative estimate of drug-likeness (QED) is 0.480. The standard InChI is InChI=1S/C26H34Br2N4O.C2H6/c1-17-2-4-22-21(24(17)28)5-3-19-15-20(27)16-30-25(19)26(22)32-12-10-31(11-13-32)23(33)14-18-6-8-29-9-7-18;1-2/h2,4,15-16,18,25-26,29-30H,3,5-14H2,1H3;1-2H3. The first-order chi connectivity index (χ1) is 17.0. The molecule has 2 fully saturated rings. The normalized spacial score (nSPS) is 25.1. The van der Waals surface area contributed by atoms with Crippen molar-refractivity contribution in [1.29, 1.82) is 0 Å². The number of carbonyl (C=O) groups excluding carboxylic acids is 1. The van der Waals surface area contributed by atoms with Crippen molar-refractivity contribution in [3.8, 4) is 0 Å². The Morgan fingerprint density at radius 1 is 1.06 bits per heavy atom. The monoisotopic (exact) mass is 606 g/mol. The summed E-state index contributed by atoms with van der Waals surface area (Å²) in [6.07, 6.45) is 9.48. The van der Waals surface area contributed by atoms with E-state index in [1.807, 2.05) is 13.8 Å². The second-order valence-corrected chi connectivity index (χ2v) is 11.6. The molecule has 0 radical (unpaired) electrons. The Morgan fingerprint density at radius 2 is 1.77 bits per heavy atom. The predicted octanol–water partition coefficient (Wildman–Crippen LogP) is 5.44. The molecule has 4 aliphatic rings. The van der Waals surface area contributed by atoms with Crippen LogP contribution in [0.5, 0.6) is 0 Å². The van der Waals surface area contributed by atoms with Crippen molar-refractivity contribution >= 4 is 37.8 Å². The maximum Gasteiger partial charge on any atom is 0.222 e. The molecule has 2 unspecified atom stereocenters. The minimum absolute atomic E-state index is 0.263. The molecule has 0 aromatic heterocycles. The van der Waals surface area contributed by atoms with Crippen LogP contribution >= 0.6 is 31.9 Å². The van der Waals surface area contributed by atoms with Gasteiger partial charge in [0.2, 0.25) is 5.91 Å². The Bertz CT molecular complexity index is 962. The summed E-state index contributed by atoms with van der Waals surface area (Å²) in [6, 6.07) is 5.12. The molecule has 3 heterocycles. The van der Waals surface area contributed by atoms with Crippen LogP contribution in [-0.2, 0) is 11.2 Å². The van der Waals surface area contributed by atoms with Crippen molar-refractivity contribution < 1.29 is 4.79 Å². The minimum atomic E-state index is 0.263. The number of piperidine rings is 1. The maximum atomic E-state index is 13.0. The van der Waals surface area contributed by atoms with Gasteiger partial charge in [-0.2, -0.15) is 0 Å². The van der Waals surface area contributed by atoms with Crippen LogP contribution in [0.15, 0.2) is 38.9 Å². The van der Waals surface area contributed by atoms with Gasteiger partial charge in [0, 0.05) is 47.8 Å². The molecule has 2 atom stereocenters. The number of nitrogens with zero attached hydrogens (tertiary/aromatic N) is 2. The van der Waals surface area contributed by atoms with Crippen molar-refractivity contribution in [3.05, 3.63) is 55.6 Å². The molecule has 1 aliphatic carbocycles. The third-order valence-electron chi connectivity index (χ3n) is 7.88. The lowest BCUT2D eigenvalue weighted by molar-refractivity contribution is -0.134. The summed E-state index contributed by atoms with van der Waals surface area (Å²) in [6.45, 7) is 11.8. The molecule has 5 rings (SSSR count). The van der Waals surface area contributed by atoms with Gasteiger partial charge in [0.05, 0.1) is 12.1 Å². The number of fused-ring (bicyclic) bond motifs is 2. The van der Waals surface area contributed by atoms with Crippen molar-refractivity contribution in [2.24, 2.45) is 5.92 Å². The van der Waals surface area contributed by atoms with Gasteiger partial charge in [0.1, 0.15) is 0 Å². The lowest BCUT2D eigenvalue weighted by Crippen LogP contribution is -2.53. The second kappa shape index (κ2) is 12.4. The van der Waals surface area contributed by atoms with E-state index in [-0.39, 0.29) is 12.1 Å². The number of halogens is 2. The highest BCUT2D eigenvalue weighted by Gasteiger charge is 2.38. The molecule has 0 bridgehead atoms. The van der Waals surface area contributed by atoms with Gasteiger partial charge in [-0.05, 0) is 95.9 Å². The van der Waals surface area contributed by atoms with Crippen molar-refractivity contribution in [3.63, 3.8) is 0 Å². The van der Waals surface area contributed by atoms with Gasteiger partial charge >= 0.3 is 0 Å². The van der Waals surface area contributed by atoms with Crippen LogP contribution in [0.3, 0.4) is 0 Å². The molecule has 3 aliphatic heterocycles. The first-order valence-electron chi connectivity index (χ1n) is 13.3. The zero-order valence-electron chi connectivity index (χ0n) is 21.4. The van der Waals surface area contributed by atoms with E-state index in [0.717, 1.165) is 75.9 Å². The number of amides is 1. The van der Waals surface area contributed by atoms with E-state index >= 15 is 0 Å². The van der Waals surface area contributed by atoms with Gasteiger partial charge in [-0.15, -0.1) is 0 Å². The number of carbonyl (C=O) groups is 1. The molecular formula is C28H40Br2N4O. The summed E-state index contributed by atoms with van der Waals surface area (Å²) in [5.41, 5.74) is 5.62. The highest BCUT2D eigenvalue weighted by atomic mass is 79.9. The van der Waals surface area contributed by atoms with Crippen LogP contribution in [-0.4, -0.2) is 61.0 Å². The third kappa shape index (κ3) is 6.06. The van der Waals surface area contributed by atoms with E-state index in [0.29, 0.717) is 11.8 Å². The van der Waals surface area contributed by atoms with Crippen molar-refractivity contribution in [2.45, 2.75) is 65.0 Å². The summed E-state index contributed by atoms with van der Waals surface area (Å²) in [7, 11) is 0. The summed E-state index contributed by atoms with van der Waals surface area (Å²) < 4.78 is 2.37. The molecule has 2 N–H and O–H groups in total. The fraction of sp³-hybridized carbons (Fsp3) is 0.607. The summed E-state index contributed by atoms with van der Waals surface area (Å²) in [4.78, 5) is 17.7. The lowest BCUT2D eigenvalue weighted by Gasteiger charge is -2.44. The first-order valence-corrected chi connectivity index (χ1v) is 14.9. The van der Waals surface area contributed by atoms with E-state index in [2.05, 4.69) is 83.6 Å². The topological polar surface area (TPSA) is 47.6 Å². The molecule has 7 heteroatoms. The van der Waals surface area contributed by atoms with Crippen LogP contribution in [0, 0.1) is 12.8 Å². The average Bonchev–Trinajstić information content (AvgIpc) is 3.05. The number of allylic oxidation sites excluding steroid dienone is 2. The molecule has 2 saturated heterocycles. The fourth-order valence-corrected chi connectivity index (χ4v) is 6.94. The summed E-state index contributed by atoms with van der Waals surface area (Å²) in [5, 5.41) is 7.10. The number of rotatable bonds is 3. The van der Waals surface area contributed by atoms with Crippen molar-refractivity contribution in [1.82, 2.24) is 20.4 Å². The fourth-order valence-electron chi connectivity index (χ4n) is 5.96. The van der Waals surface area contributed by atoms with Gasteiger partial charge < -0.3 is 15.5 Å². The van der Waals surface area contributed by atoms with Gasteiger partial charge in [0.25, 0.3) is 0 Å². The lowest BCUT2D eigenvalue weighted by atomic mass is 9.90. The maximum absolute atomic E-state index is 13.0. The molecule has 1 amide bonds. The number of hydrogen-bond acceptors (Lipinski definition) is 4. The van der Waals surface area contributed by atoms with E-state index in [1.54, 1.807) is 0 Å². The largest absolute Gasteiger partial charge is 0.382 e. The first kappa shape index (κ1) is 26.9. The summed E-state index contributed by atoms with van der Waals surface area (Å²) >= 11 is 7.57. The number of hydrogen-bond donors (Lipinski definition) is 2. The third-order valence-corrected chi connectivity index (χ3v) is 9.44. The highest BCUT2D eigenvalue weighted by molar-refractivity contribution is 9.12. The second-order valence-electron chi connectivity index (χ2n) is 9.92. The number of dihydropyridines is 1. The molecule has 0 spiro atoms. The average molecular weight is 608 g/mol. The molecule has 0 saturated carbocycles. The zero-order valence-corrected chi connectivity index (χ0v) is 24.6. The number of benzene rings is 1. The molecular weight excluding hydrogens is 568 g/mol. The van der Waals surface area contributed by atoms with E-state index in [9.17, 15) is 4.79 Å². The molecule has 192 valence electrons. The van der Waals surface area contributed by atoms with Crippen LogP contribution in [0.1, 0.15) is 62.3 Å². The zero-order chi connectivity index (χ0) is 24.9. The van der Waals surface area contributed by atoms with Crippen LogP contribution in [0.25, 0.3) is 0 Å². The highest BCUT2D eigenvalue weighted by Crippen LogP contribution is 2.41. The van der Waals surface area contributed by atoms with Gasteiger partial charge in [0.15, 0.2) is 0 Å². The van der Waals surface area contributed by atoms with Gasteiger partial charge in [-0.3, -0.25) is 9.69 Å². The Labute approximate surface area is 228 Å². The van der Waals surface area contributed by atoms with Gasteiger partial charge in [-0.25, -0.2) is 0 Å². The Kier molecular flexibility index (Phi) is 9.53. The van der Waals surface area contributed by atoms with Crippen molar-refractivity contribution in [2.75, 3.05) is 39.3 Å². The van der Waals surface area contributed by atoms with E-state index < -0.39 is 0 Å². The SMILES string of the molecule is CC.Cc1ccc2c(c1Br)CCC1=CC(Br)=CNC1C2N1CCN(C(=O)CC2CCNCC2)CC1. The molecule has 1 aromatic rings. The predicted molar refractivity (Wildman–Crippen MR) is 152 cm³/mol. The number of aryl methyl sites for hydroxylation is 1. The van der Waals surface area contributed by atoms with E-state index in [4.69, 9.17) is 0 Å². The van der Waals surface area contributed by atoms with Crippen LogP contribution < -0.4 is 10.6 Å². The Balaban J connectivity index is 0.00000141. The smallest absolute Gasteiger partial charge is 0.222 e. The van der Waals surface area contributed by atoms with Crippen LogP contribution in [0.4, 0.5) is 0 Å².